The number of hydrogen-bond donors (Lipinski definition) is 2. The van der Waals surface area contributed by atoms with E-state index in [0.29, 0.717) is 27.9 Å². The molecular weight excluding hydrogens is 363 g/mol. The van der Waals surface area contributed by atoms with Crippen molar-refractivity contribution in [3.8, 4) is 0 Å². The van der Waals surface area contributed by atoms with E-state index < -0.39 is 0 Å². The molecule has 0 atom stereocenters. The first-order chi connectivity index (χ1) is 9.56. The van der Waals surface area contributed by atoms with E-state index in [-0.39, 0.29) is 5.82 Å². The topological polar surface area (TPSA) is 24.1 Å². The summed E-state index contributed by atoms with van der Waals surface area (Å²) in [5.74, 6) is -0.260. The van der Waals surface area contributed by atoms with Crippen molar-refractivity contribution in [1.82, 2.24) is 5.32 Å². The van der Waals surface area contributed by atoms with E-state index in [1.54, 1.807) is 24.3 Å². The van der Waals surface area contributed by atoms with Crippen molar-refractivity contribution in [3.63, 3.8) is 0 Å². The standard InChI is InChI=1S/C14H11BrClFN2S/c15-10-5-6-13(11(16)7-10)19-14(20)18-8-9-3-1-2-4-12(9)17/h1-7H,8H2,(H2,18,19,20). The lowest BCUT2D eigenvalue weighted by Crippen LogP contribution is -2.28. The average Bonchev–Trinajstić information content (AvgIpc) is 2.41. The lowest BCUT2D eigenvalue weighted by molar-refractivity contribution is 0.606. The second kappa shape index (κ2) is 7.02. The van der Waals surface area contributed by atoms with E-state index in [4.69, 9.17) is 23.8 Å². The number of thiocarbonyl (C=S) groups is 1. The maximum absolute atomic E-state index is 13.4. The van der Waals surface area contributed by atoms with Crippen molar-refractivity contribution in [2.75, 3.05) is 5.32 Å². The van der Waals surface area contributed by atoms with Crippen LogP contribution < -0.4 is 10.6 Å². The van der Waals surface area contributed by atoms with Gasteiger partial charge < -0.3 is 10.6 Å². The van der Waals surface area contributed by atoms with Crippen LogP contribution in [0.3, 0.4) is 0 Å². The van der Waals surface area contributed by atoms with Gasteiger partial charge in [-0.05, 0) is 36.5 Å². The molecule has 2 N–H and O–H groups in total. The van der Waals surface area contributed by atoms with Gasteiger partial charge in [0.1, 0.15) is 5.82 Å². The predicted octanol–water partition coefficient (Wildman–Crippen LogP) is 4.73. The molecule has 2 aromatic rings. The summed E-state index contributed by atoms with van der Waals surface area (Å²) in [5, 5.41) is 6.85. The van der Waals surface area contributed by atoms with E-state index in [1.807, 2.05) is 12.1 Å². The van der Waals surface area contributed by atoms with Crippen molar-refractivity contribution in [2.24, 2.45) is 0 Å². The van der Waals surface area contributed by atoms with Gasteiger partial charge >= 0.3 is 0 Å². The molecular formula is C14H11BrClFN2S. The van der Waals surface area contributed by atoms with Crippen LogP contribution in [0.4, 0.5) is 10.1 Å². The maximum Gasteiger partial charge on any atom is 0.171 e. The molecule has 0 aliphatic heterocycles. The van der Waals surface area contributed by atoms with Crippen molar-refractivity contribution >= 4 is 50.5 Å². The predicted molar refractivity (Wildman–Crippen MR) is 88.6 cm³/mol. The summed E-state index contributed by atoms with van der Waals surface area (Å²) in [7, 11) is 0. The lowest BCUT2D eigenvalue weighted by Gasteiger charge is -2.12. The van der Waals surface area contributed by atoms with E-state index >= 15 is 0 Å². The molecule has 0 radical (unpaired) electrons. The Morgan fingerprint density at radius 3 is 2.70 bits per heavy atom. The molecule has 20 heavy (non-hydrogen) atoms. The van der Waals surface area contributed by atoms with Gasteiger partial charge in [-0.25, -0.2) is 4.39 Å². The average molecular weight is 374 g/mol. The number of nitrogens with one attached hydrogen (secondary N) is 2. The zero-order valence-corrected chi connectivity index (χ0v) is 13.4. The first-order valence-electron chi connectivity index (χ1n) is 5.79. The highest BCUT2D eigenvalue weighted by Crippen LogP contribution is 2.25. The maximum atomic E-state index is 13.4. The molecule has 0 aliphatic rings. The van der Waals surface area contributed by atoms with Crippen LogP contribution in [0.1, 0.15) is 5.56 Å². The molecule has 0 fully saturated rings. The van der Waals surface area contributed by atoms with Gasteiger partial charge in [-0.15, -0.1) is 0 Å². The number of hydrogen-bond acceptors (Lipinski definition) is 1. The fourth-order valence-corrected chi connectivity index (χ4v) is 2.48. The van der Waals surface area contributed by atoms with Crippen molar-refractivity contribution in [3.05, 3.63) is 63.3 Å². The third kappa shape index (κ3) is 4.16. The van der Waals surface area contributed by atoms with E-state index in [2.05, 4.69) is 26.6 Å². The third-order valence-electron chi connectivity index (χ3n) is 2.58. The number of rotatable bonds is 3. The lowest BCUT2D eigenvalue weighted by atomic mass is 10.2. The SMILES string of the molecule is Fc1ccccc1CNC(=S)Nc1ccc(Br)cc1Cl. The van der Waals surface area contributed by atoms with Crippen LogP contribution in [0, 0.1) is 5.82 Å². The normalized spacial score (nSPS) is 10.2. The molecule has 2 rings (SSSR count). The van der Waals surface area contributed by atoms with Crippen molar-refractivity contribution in [1.29, 1.82) is 0 Å². The van der Waals surface area contributed by atoms with Gasteiger partial charge in [0.2, 0.25) is 0 Å². The summed E-state index contributed by atoms with van der Waals surface area (Å²) in [6.07, 6.45) is 0. The minimum absolute atomic E-state index is 0.260. The summed E-state index contributed by atoms with van der Waals surface area (Å²) in [4.78, 5) is 0. The van der Waals surface area contributed by atoms with E-state index in [9.17, 15) is 4.39 Å². The molecule has 104 valence electrons. The molecule has 0 heterocycles. The van der Waals surface area contributed by atoms with Crippen molar-refractivity contribution < 1.29 is 4.39 Å². The molecule has 0 bridgehead atoms. The van der Waals surface area contributed by atoms with Crippen LogP contribution in [0.25, 0.3) is 0 Å². The molecule has 0 aromatic heterocycles. The molecule has 6 heteroatoms. The molecule has 0 aliphatic carbocycles. The summed E-state index contributed by atoms with van der Waals surface area (Å²) in [6.45, 7) is 0.312. The quantitative estimate of drug-likeness (QED) is 0.761. The Morgan fingerprint density at radius 1 is 1.25 bits per heavy atom. The Morgan fingerprint density at radius 2 is 2.00 bits per heavy atom. The Kier molecular flexibility index (Phi) is 5.34. The summed E-state index contributed by atoms with van der Waals surface area (Å²) < 4.78 is 14.3. The first-order valence-corrected chi connectivity index (χ1v) is 7.37. The molecule has 0 spiro atoms. The van der Waals surface area contributed by atoms with Crippen LogP contribution in [0.2, 0.25) is 5.02 Å². The zero-order chi connectivity index (χ0) is 14.5. The zero-order valence-electron chi connectivity index (χ0n) is 10.3. The number of anilines is 1. The van der Waals surface area contributed by atoms with Gasteiger partial charge in [0.05, 0.1) is 10.7 Å². The highest BCUT2D eigenvalue weighted by Gasteiger charge is 2.05. The number of benzene rings is 2. The van der Waals surface area contributed by atoms with Gasteiger partial charge in [-0.2, -0.15) is 0 Å². The molecule has 0 amide bonds. The Labute approximate surface area is 135 Å². The summed E-state index contributed by atoms with van der Waals surface area (Å²) >= 11 is 14.6. The van der Waals surface area contributed by atoms with Gasteiger partial charge in [-0.1, -0.05) is 45.7 Å². The highest BCUT2D eigenvalue weighted by atomic mass is 79.9. The minimum Gasteiger partial charge on any atom is -0.358 e. The molecule has 2 nitrogen and oxygen atoms in total. The van der Waals surface area contributed by atoms with Crippen LogP contribution in [0.5, 0.6) is 0 Å². The van der Waals surface area contributed by atoms with Gasteiger partial charge in [0.15, 0.2) is 5.11 Å². The Bertz CT molecular complexity index is 636. The van der Waals surface area contributed by atoms with E-state index in [1.165, 1.54) is 6.07 Å². The second-order valence-electron chi connectivity index (χ2n) is 4.02. The van der Waals surface area contributed by atoms with Crippen LogP contribution in [-0.4, -0.2) is 5.11 Å². The highest BCUT2D eigenvalue weighted by molar-refractivity contribution is 9.10. The number of halogens is 3. The summed E-state index contributed by atoms with van der Waals surface area (Å²) in [6, 6.07) is 12.0. The molecule has 2 aromatic carbocycles. The van der Waals surface area contributed by atoms with Crippen LogP contribution >= 0.6 is 39.7 Å². The molecule has 0 saturated carbocycles. The van der Waals surface area contributed by atoms with Crippen LogP contribution in [-0.2, 0) is 6.54 Å². The molecule has 0 saturated heterocycles. The Hall–Kier alpha value is -1.17. The fraction of sp³-hybridized carbons (Fsp3) is 0.0714. The van der Waals surface area contributed by atoms with Crippen LogP contribution in [0.15, 0.2) is 46.9 Å². The van der Waals surface area contributed by atoms with Gasteiger partial charge in [0.25, 0.3) is 0 Å². The van der Waals surface area contributed by atoms with Gasteiger partial charge in [-0.3, -0.25) is 0 Å². The largest absolute Gasteiger partial charge is 0.358 e. The minimum atomic E-state index is -0.260. The van der Waals surface area contributed by atoms with Crippen molar-refractivity contribution in [2.45, 2.75) is 6.54 Å². The monoisotopic (exact) mass is 372 g/mol. The Balaban J connectivity index is 1.94. The third-order valence-corrected chi connectivity index (χ3v) is 3.63. The second-order valence-corrected chi connectivity index (χ2v) is 5.75. The van der Waals surface area contributed by atoms with Gasteiger partial charge in [0, 0.05) is 16.6 Å². The fourth-order valence-electron chi connectivity index (χ4n) is 1.57. The smallest absolute Gasteiger partial charge is 0.171 e. The molecule has 0 unspecified atom stereocenters. The summed E-state index contributed by atoms with van der Waals surface area (Å²) in [5.41, 5.74) is 1.25. The first kappa shape index (κ1) is 15.2. The van der Waals surface area contributed by atoms with E-state index in [0.717, 1.165) is 4.47 Å².